The van der Waals surface area contributed by atoms with Gasteiger partial charge >= 0.3 is 35.5 Å². The Hall–Kier alpha value is -0.390. The van der Waals surface area contributed by atoms with E-state index in [1.165, 1.54) is 56.3 Å². The molecule has 0 unspecified atom stereocenters. The second-order valence-corrected chi connectivity index (χ2v) is 5.92. The van der Waals surface area contributed by atoms with Crippen LogP contribution in [-0.2, 0) is 14.4 Å². The van der Waals surface area contributed by atoms with Gasteiger partial charge in [-0.3, -0.25) is 9.79 Å². The van der Waals surface area contributed by atoms with Crippen LogP contribution < -0.4 is 0 Å². The summed E-state index contributed by atoms with van der Waals surface area (Å²) in [5.41, 5.74) is 0. The molecule has 128 valence electrons. The molecule has 6 heteroatoms. The van der Waals surface area contributed by atoms with Gasteiger partial charge in [0.2, 0.25) is 0 Å². The van der Waals surface area contributed by atoms with Gasteiger partial charge < -0.3 is 4.84 Å². The Kier molecular flexibility index (Phi) is 14.9. The number of nitrogens with zero attached hydrogens (tertiary/aromatic N) is 2. The van der Waals surface area contributed by atoms with Crippen LogP contribution in [0, 0.1) is 0 Å². The number of carbonyl (C=O) groups is 2. The predicted molar refractivity (Wildman–Crippen MR) is 94.8 cm³/mol. The van der Waals surface area contributed by atoms with Crippen molar-refractivity contribution >= 4 is 47.6 Å². The van der Waals surface area contributed by atoms with Crippen LogP contribution >= 0.6 is 0 Å². The second kappa shape index (κ2) is 15.2. The molecule has 0 aromatic carbocycles. The van der Waals surface area contributed by atoms with Gasteiger partial charge in [-0.2, -0.15) is 5.06 Å². The molecular formula is C17H31N2NaO3. The van der Waals surface area contributed by atoms with Crippen molar-refractivity contribution in [3.8, 4) is 0 Å². The monoisotopic (exact) mass is 334 g/mol. The molecule has 0 fully saturated rings. The van der Waals surface area contributed by atoms with E-state index >= 15 is 0 Å². The van der Waals surface area contributed by atoms with E-state index in [4.69, 9.17) is 4.84 Å². The maximum absolute atomic E-state index is 11.7. The van der Waals surface area contributed by atoms with Gasteiger partial charge in [-0.25, -0.2) is 4.79 Å². The van der Waals surface area contributed by atoms with Gasteiger partial charge in [-0.1, -0.05) is 58.3 Å². The molecule has 0 aromatic rings. The minimum absolute atomic E-state index is 0. The first-order valence-corrected chi connectivity index (χ1v) is 8.71. The van der Waals surface area contributed by atoms with Crippen LogP contribution in [0.25, 0.3) is 0 Å². The summed E-state index contributed by atoms with van der Waals surface area (Å²) in [6.07, 6.45) is 12.9. The van der Waals surface area contributed by atoms with E-state index in [1.54, 1.807) is 0 Å². The molecule has 23 heavy (non-hydrogen) atoms. The summed E-state index contributed by atoms with van der Waals surface area (Å²) in [4.78, 5) is 32.1. The average Bonchev–Trinajstić information content (AvgIpc) is 2.98. The van der Waals surface area contributed by atoms with Gasteiger partial charge in [-0.05, 0) is 6.42 Å². The van der Waals surface area contributed by atoms with Gasteiger partial charge in [-0.15, -0.1) is 0 Å². The molecule has 0 bridgehead atoms. The molecule has 0 aromatic heterocycles. The van der Waals surface area contributed by atoms with E-state index in [9.17, 15) is 9.59 Å². The van der Waals surface area contributed by atoms with Crippen molar-refractivity contribution in [3.63, 3.8) is 0 Å². The summed E-state index contributed by atoms with van der Waals surface area (Å²) in [7, 11) is 0. The molecule has 1 rings (SSSR count). The summed E-state index contributed by atoms with van der Waals surface area (Å²) in [6, 6.07) is 0. The fourth-order valence-corrected chi connectivity index (χ4v) is 2.48. The summed E-state index contributed by atoms with van der Waals surface area (Å²) >= 11 is 0. The van der Waals surface area contributed by atoms with Crippen LogP contribution in [0.2, 0.25) is 0 Å². The number of Topliss-reactive ketones (excluding diaryl/α,β-unsaturated/α-hetero) is 1. The number of hydrogen-bond acceptors (Lipinski definition) is 5. The SMILES string of the molecule is CCCCCCCCCCCC(=O)CC(=O)ON1C=NCC1.[NaH]. The Morgan fingerprint density at radius 1 is 1.04 bits per heavy atom. The van der Waals surface area contributed by atoms with Crippen molar-refractivity contribution in [1.29, 1.82) is 0 Å². The molecule has 0 amide bonds. The van der Waals surface area contributed by atoms with E-state index in [0.717, 1.165) is 12.8 Å². The molecule has 5 nitrogen and oxygen atoms in total. The van der Waals surface area contributed by atoms with Gasteiger partial charge in [0.05, 0.1) is 13.1 Å². The Morgan fingerprint density at radius 3 is 2.22 bits per heavy atom. The predicted octanol–water partition coefficient (Wildman–Crippen LogP) is 3.02. The fourth-order valence-electron chi connectivity index (χ4n) is 2.48. The van der Waals surface area contributed by atoms with Crippen molar-refractivity contribution in [2.24, 2.45) is 4.99 Å². The molecule has 0 radical (unpaired) electrons. The van der Waals surface area contributed by atoms with Crippen LogP contribution in [0.3, 0.4) is 0 Å². The first kappa shape index (κ1) is 22.6. The van der Waals surface area contributed by atoms with Crippen molar-refractivity contribution < 1.29 is 14.4 Å². The van der Waals surface area contributed by atoms with E-state index in [0.29, 0.717) is 19.5 Å². The normalized spacial score (nSPS) is 13.0. The van der Waals surface area contributed by atoms with Crippen molar-refractivity contribution in [2.75, 3.05) is 13.1 Å². The molecule has 0 saturated carbocycles. The molecule has 1 aliphatic heterocycles. The zero-order chi connectivity index (χ0) is 16.0. The van der Waals surface area contributed by atoms with Crippen LogP contribution in [0.5, 0.6) is 0 Å². The van der Waals surface area contributed by atoms with Crippen molar-refractivity contribution in [3.05, 3.63) is 0 Å². The van der Waals surface area contributed by atoms with Gasteiger partial charge in [0.1, 0.15) is 18.5 Å². The Morgan fingerprint density at radius 2 is 1.65 bits per heavy atom. The number of unbranched alkanes of at least 4 members (excludes halogenated alkanes) is 8. The van der Waals surface area contributed by atoms with Gasteiger partial charge in [0, 0.05) is 6.42 Å². The molecular weight excluding hydrogens is 303 g/mol. The molecule has 0 spiro atoms. The van der Waals surface area contributed by atoms with Crippen molar-refractivity contribution in [1.82, 2.24) is 5.06 Å². The summed E-state index contributed by atoms with van der Waals surface area (Å²) in [6.45, 7) is 3.45. The number of hydroxylamine groups is 2. The van der Waals surface area contributed by atoms with Gasteiger partial charge in [0.15, 0.2) is 0 Å². The molecule has 0 atom stereocenters. The Balaban J connectivity index is 0.00000484. The van der Waals surface area contributed by atoms with Crippen LogP contribution in [0.4, 0.5) is 0 Å². The number of aliphatic imine (C=N–C) groups is 1. The van der Waals surface area contributed by atoms with E-state index in [1.807, 2.05) is 0 Å². The molecule has 0 N–H and O–H groups in total. The molecule has 1 heterocycles. The third-order valence-electron chi connectivity index (χ3n) is 3.78. The summed E-state index contributed by atoms with van der Waals surface area (Å²) in [5.74, 6) is -0.502. The van der Waals surface area contributed by atoms with E-state index in [-0.39, 0.29) is 41.8 Å². The third kappa shape index (κ3) is 12.7. The topological polar surface area (TPSA) is 59.0 Å². The Labute approximate surface area is 162 Å². The Bertz CT molecular complexity index is 362. The van der Waals surface area contributed by atoms with E-state index in [2.05, 4.69) is 11.9 Å². The van der Waals surface area contributed by atoms with Gasteiger partial charge in [0.25, 0.3) is 0 Å². The van der Waals surface area contributed by atoms with Crippen LogP contribution in [0.15, 0.2) is 4.99 Å². The number of rotatable bonds is 13. The summed E-state index contributed by atoms with van der Waals surface area (Å²) < 4.78 is 0. The second-order valence-electron chi connectivity index (χ2n) is 5.92. The fraction of sp³-hybridized carbons (Fsp3) is 0.824. The first-order valence-electron chi connectivity index (χ1n) is 8.71. The van der Waals surface area contributed by atoms with E-state index < -0.39 is 5.97 Å². The first-order chi connectivity index (χ1) is 10.7. The molecule has 1 aliphatic rings. The summed E-state index contributed by atoms with van der Waals surface area (Å²) in [5, 5.41) is 1.38. The zero-order valence-electron chi connectivity index (χ0n) is 13.9. The number of hydrogen-bond donors (Lipinski definition) is 0. The maximum atomic E-state index is 11.7. The quantitative estimate of drug-likeness (QED) is 0.295. The average molecular weight is 334 g/mol. The van der Waals surface area contributed by atoms with Crippen LogP contribution in [-0.4, -0.2) is 65.8 Å². The minimum atomic E-state index is -0.478. The van der Waals surface area contributed by atoms with Crippen molar-refractivity contribution in [2.45, 2.75) is 77.6 Å². The number of carbonyl (C=O) groups excluding carboxylic acids is 2. The molecule has 0 saturated heterocycles. The zero-order valence-corrected chi connectivity index (χ0v) is 13.9. The van der Waals surface area contributed by atoms with Crippen LogP contribution in [0.1, 0.15) is 77.6 Å². The number of ketones is 1. The molecule has 0 aliphatic carbocycles. The third-order valence-corrected chi connectivity index (χ3v) is 3.78. The standard InChI is InChI=1S/C17H30N2O3.Na.H/c1-2-3-4-5-6-7-8-9-10-11-16(20)14-17(21)22-19-13-12-18-15-19;;/h15H,2-14H2,1H3;;.